The second kappa shape index (κ2) is 7.46. The molecule has 15 heavy (non-hydrogen) atoms. The summed E-state index contributed by atoms with van der Waals surface area (Å²) < 4.78 is 0. The average molecular weight is 225 g/mol. The lowest BCUT2D eigenvalue weighted by Gasteiger charge is -2.03. The Morgan fingerprint density at radius 3 is 3.00 bits per heavy atom. The van der Waals surface area contributed by atoms with Crippen LogP contribution in [0.1, 0.15) is 37.5 Å². The second-order valence-electron chi connectivity index (χ2n) is 3.64. The highest BCUT2D eigenvalue weighted by atomic mass is 32.1. The van der Waals surface area contributed by atoms with Crippen molar-refractivity contribution in [2.24, 2.45) is 0 Å². The minimum Gasteiger partial charge on any atom is -0.356 e. The van der Waals surface area contributed by atoms with Crippen molar-refractivity contribution in [2.45, 2.75) is 39.0 Å². The number of nitrogens with one attached hydrogen (secondary N) is 1. The molecule has 0 aliphatic rings. The van der Waals surface area contributed by atoms with Gasteiger partial charge in [0.05, 0.1) is 0 Å². The number of rotatable bonds is 7. The van der Waals surface area contributed by atoms with Gasteiger partial charge in [0.15, 0.2) is 0 Å². The van der Waals surface area contributed by atoms with E-state index in [-0.39, 0.29) is 5.91 Å². The van der Waals surface area contributed by atoms with E-state index >= 15 is 0 Å². The maximum atomic E-state index is 11.3. The summed E-state index contributed by atoms with van der Waals surface area (Å²) in [7, 11) is 0. The highest BCUT2D eigenvalue weighted by Gasteiger charge is 2.00. The molecule has 1 aromatic rings. The van der Waals surface area contributed by atoms with Crippen LogP contribution < -0.4 is 5.32 Å². The van der Waals surface area contributed by atoms with Gasteiger partial charge in [-0.2, -0.15) is 0 Å². The van der Waals surface area contributed by atoms with Gasteiger partial charge >= 0.3 is 0 Å². The van der Waals surface area contributed by atoms with Gasteiger partial charge in [0.25, 0.3) is 0 Å². The third kappa shape index (κ3) is 5.57. The van der Waals surface area contributed by atoms with E-state index in [1.54, 1.807) is 11.3 Å². The number of hydrogen-bond acceptors (Lipinski definition) is 2. The van der Waals surface area contributed by atoms with Crippen LogP contribution in [0.25, 0.3) is 0 Å². The van der Waals surface area contributed by atoms with Crippen molar-refractivity contribution in [3.8, 4) is 0 Å². The molecule has 0 spiro atoms. The van der Waals surface area contributed by atoms with Crippen LogP contribution in [0.5, 0.6) is 0 Å². The summed E-state index contributed by atoms with van der Waals surface area (Å²) in [6, 6.07) is 4.15. The Morgan fingerprint density at radius 2 is 2.33 bits per heavy atom. The molecule has 0 fully saturated rings. The molecule has 0 saturated heterocycles. The molecule has 1 heterocycles. The summed E-state index contributed by atoms with van der Waals surface area (Å²) >= 11 is 1.74. The minimum atomic E-state index is 0.194. The van der Waals surface area contributed by atoms with Gasteiger partial charge in [-0.15, -0.1) is 11.3 Å². The molecule has 3 heteroatoms. The molecule has 1 aromatic heterocycles. The Labute approximate surface area is 95.7 Å². The molecule has 1 rings (SSSR count). The highest BCUT2D eigenvalue weighted by molar-refractivity contribution is 7.09. The lowest BCUT2D eigenvalue weighted by Crippen LogP contribution is -2.25. The molecule has 2 nitrogen and oxygen atoms in total. The van der Waals surface area contributed by atoms with E-state index < -0.39 is 0 Å². The molecule has 0 radical (unpaired) electrons. The molecule has 0 aliphatic carbocycles. The molecule has 0 saturated carbocycles. The molecule has 0 atom stereocenters. The Morgan fingerprint density at radius 1 is 1.47 bits per heavy atom. The van der Waals surface area contributed by atoms with E-state index in [9.17, 15) is 4.79 Å². The number of amides is 1. The first-order valence-corrected chi connectivity index (χ1v) is 6.50. The van der Waals surface area contributed by atoms with Crippen molar-refractivity contribution in [1.82, 2.24) is 5.32 Å². The van der Waals surface area contributed by atoms with Crippen LogP contribution in [0.3, 0.4) is 0 Å². The van der Waals surface area contributed by atoms with Gasteiger partial charge in [-0.1, -0.05) is 25.8 Å². The lowest BCUT2D eigenvalue weighted by molar-refractivity contribution is -0.121. The van der Waals surface area contributed by atoms with Crippen LogP contribution in [0, 0.1) is 0 Å². The molecule has 0 aromatic carbocycles. The zero-order valence-corrected chi connectivity index (χ0v) is 10.1. The van der Waals surface area contributed by atoms with Crippen molar-refractivity contribution in [2.75, 3.05) is 6.54 Å². The number of unbranched alkanes of at least 4 members (excludes halogenated alkanes) is 2. The number of thiophene rings is 1. The van der Waals surface area contributed by atoms with Crippen LogP contribution in [-0.4, -0.2) is 12.5 Å². The molecular formula is C12H19NOS. The van der Waals surface area contributed by atoms with Crippen molar-refractivity contribution >= 4 is 17.2 Å². The van der Waals surface area contributed by atoms with E-state index in [1.165, 1.54) is 11.3 Å². The molecule has 0 bridgehead atoms. The Kier molecular flexibility index (Phi) is 6.09. The fourth-order valence-electron chi connectivity index (χ4n) is 1.40. The largest absolute Gasteiger partial charge is 0.356 e. The van der Waals surface area contributed by atoms with E-state index in [1.807, 2.05) is 6.07 Å². The van der Waals surface area contributed by atoms with Crippen LogP contribution in [-0.2, 0) is 11.2 Å². The van der Waals surface area contributed by atoms with E-state index in [4.69, 9.17) is 0 Å². The van der Waals surface area contributed by atoms with Gasteiger partial charge < -0.3 is 5.32 Å². The van der Waals surface area contributed by atoms with Crippen LogP contribution in [0.15, 0.2) is 17.5 Å². The van der Waals surface area contributed by atoms with Gasteiger partial charge in [0.1, 0.15) is 0 Å². The van der Waals surface area contributed by atoms with Gasteiger partial charge in [0, 0.05) is 17.8 Å². The maximum Gasteiger partial charge on any atom is 0.220 e. The third-order valence-corrected chi connectivity index (χ3v) is 3.22. The predicted molar refractivity (Wildman–Crippen MR) is 65.2 cm³/mol. The summed E-state index contributed by atoms with van der Waals surface area (Å²) in [6.45, 7) is 2.92. The third-order valence-electron chi connectivity index (χ3n) is 2.28. The fraction of sp³-hybridized carbons (Fsp3) is 0.583. The molecule has 84 valence electrons. The molecular weight excluding hydrogens is 206 g/mol. The zero-order valence-electron chi connectivity index (χ0n) is 9.29. The number of carbonyl (C=O) groups excluding carboxylic acids is 1. The summed E-state index contributed by atoms with van der Waals surface area (Å²) in [6.07, 6.45) is 4.97. The van der Waals surface area contributed by atoms with Crippen molar-refractivity contribution in [3.63, 3.8) is 0 Å². The quantitative estimate of drug-likeness (QED) is 0.710. The molecule has 1 N–H and O–H groups in total. The predicted octanol–water partition coefficient (Wildman–Crippen LogP) is 2.99. The zero-order chi connectivity index (χ0) is 10.9. The van der Waals surface area contributed by atoms with Crippen LogP contribution in [0.2, 0.25) is 0 Å². The molecule has 0 aliphatic heterocycles. The standard InChI is InChI=1S/C12H19NOS/c1-2-3-4-7-12(14)13-9-8-11-6-5-10-15-11/h5-6,10H,2-4,7-9H2,1H3,(H,13,14). The smallest absolute Gasteiger partial charge is 0.220 e. The molecule has 0 unspecified atom stereocenters. The topological polar surface area (TPSA) is 29.1 Å². The Hall–Kier alpha value is -0.830. The van der Waals surface area contributed by atoms with Crippen LogP contribution in [0.4, 0.5) is 0 Å². The first-order chi connectivity index (χ1) is 7.33. The van der Waals surface area contributed by atoms with Gasteiger partial charge in [0.2, 0.25) is 5.91 Å². The second-order valence-corrected chi connectivity index (χ2v) is 4.67. The van der Waals surface area contributed by atoms with E-state index in [2.05, 4.69) is 23.7 Å². The normalized spacial score (nSPS) is 10.2. The van der Waals surface area contributed by atoms with E-state index in [0.29, 0.717) is 6.42 Å². The highest BCUT2D eigenvalue weighted by Crippen LogP contribution is 2.08. The first kappa shape index (κ1) is 12.2. The van der Waals surface area contributed by atoms with Crippen LogP contribution >= 0.6 is 11.3 Å². The average Bonchev–Trinajstić information content (AvgIpc) is 2.71. The Bertz CT molecular complexity index is 269. The summed E-state index contributed by atoms with van der Waals surface area (Å²) in [5.74, 6) is 0.194. The fourth-order valence-corrected chi connectivity index (χ4v) is 2.11. The van der Waals surface area contributed by atoms with E-state index in [0.717, 1.165) is 25.8 Å². The Balaban J connectivity index is 2.02. The van der Waals surface area contributed by atoms with Crippen molar-refractivity contribution in [1.29, 1.82) is 0 Å². The first-order valence-electron chi connectivity index (χ1n) is 5.62. The van der Waals surface area contributed by atoms with Gasteiger partial charge in [-0.05, 0) is 24.3 Å². The lowest BCUT2D eigenvalue weighted by atomic mass is 10.2. The number of carbonyl (C=O) groups is 1. The summed E-state index contributed by atoms with van der Waals surface area (Å²) in [5, 5.41) is 5.02. The van der Waals surface area contributed by atoms with Gasteiger partial charge in [-0.3, -0.25) is 4.79 Å². The summed E-state index contributed by atoms with van der Waals surface area (Å²) in [5.41, 5.74) is 0. The summed E-state index contributed by atoms with van der Waals surface area (Å²) in [4.78, 5) is 12.7. The van der Waals surface area contributed by atoms with Gasteiger partial charge in [-0.25, -0.2) is 0 Å². The number of hydrogen-bond donors (Lipinski definition) is 1. The monoisotopic (exact) mass is 225 g/mol. The minimum absolute atomic E-state index is 0.194. The van der Waals surface area contributed by atoms with Crippen molar-refractivity contribution in [3.05, 3.63) is 22.4 Å². The molecule has 1 amide bonds. The maximum absolute atomic E-state index is 11.3. The van der Waals surface area contributed by atoms with Crippen molar-refractivity contribution < 1.29 is 4.79 Å². The SMILES string of the molecule is CCCCCC(=O)NCCc1cccs1.